The first-order valence-corrected chi connectivity index (χ1v) is 9.23. The van der Waals surface area contributed by atoms with Crippen molar-refractivity contribution in [3.8, 4) is 0 Å². The van der Waals surface area contributed by atoms with Gasteiger partial charge in [-0.05, 0) is 43.0 Å². The van der Waals surface area contributed by atoms with E-state index in [1.165, 1.54) is 12.7 Å². The van der Waals surface area contributed by atoms with Gasteiger partial charge in [0.25, 0.3) is 0 Å². The van der Waals surface area contributed by atoms with E-state index in [2.05, 4.69) is 35.6 Å². The van der Waals surface area contributed by atoms with E-state index in [1.807, 2.05) is 31.3 Å². The maximum Gasteiger partial charge on any atom is 0.315 e. The number of fused-ring (bicyclic) bond motifs is 3. The molecule has 136 valence electrons. The Hall–Kier alpha value is -2.17. The largest absolute Gasteiger partial charge is 0.468 e. The fourth-order valence-electron chi connectivity index (χ4n) is 5.00. The number of rotatable bonds is 4. The van der Waals surface area contributed by atoms with Crippen molar-refractivity contribution in [2.24, 2.45) is 5.41 Å². The lowest BCUT2D eigenvalue weighted by molar-refractivity contribution is -0.165. The lowest BCUT2D eigenvalue weighted by Gasteiger charge is -2.47. The Bertz CT molecular complexity index is 806. The Morgan fingerprint density at radius 2 is 1.92 bits per heavy atom. The van der Waals surface area contributed by atoms with Gasteiger partial charge in [-0.1, -0.05) is 54.6 Å². The van der Waals surface area contributed by atoms with E-state index < -0.39 is 11.0 Å². The number of nitrogens with one attached hydrogen (secondary N) is 1. The van der Waals surface area contributed by atoms with Crippen LogP contribution in [0.2, 0.25) is 0 Å². The normalized spacial score (nSPS) is 29.7. The number of methoxy groups -OCH3 is 1. The summed E-state index contributed by atoms with van der Waals surface area (Å²) in [4.78, 5) is 13.2. The lowest BCUT2D eigenvalue weighted by Crippen LogP contribution is -2.52. The predicted molar refractivity (Wildman–Crippen MR) is 99.9 cm³/mol. The first-order chi connectivity index (χ1) is 12.7. The number of esters is 1. The zero-order valence-corrected chi connectivity index (χ0v) is 15.3. The Balaban J connectivity index is 2.01. The third-order valence-electron chi connectivity index (χ3n) is 6.00. The van der Waals surface area contributed by atoms with Crippen LogP contribution in [0.25, 0.3) is 0 Å². The van der Waals surface area contributed by atoms with Crippen LogP contribution in [0, 0.1) is 5.41 Å². The standard InChI is InChI=1S/C22H25NO3/c1-23-15-18-14-21(20(24)25-2)13-12-16-8-6-7-11-19(16)22(21,26-18)17-9-4-3-5-10-17/h3-11,18,23H,12-15H2,1-2H3/t18-,21-,22-/m1/s1. The highest BCUT2D eigenvalue weighted by molar-refractivity contribution is 5.81. The van der Waals surface area contributed by atoms with Gasteiger partial charge in [0.15, 0.2) is 0 Å². The molecule has 3 atom stereocenters. The molecule has 1 saturated heterocycles. The summed E-state index contributed by atoms with van der Waals surface area (Å²) >= 11 is 0. The second kappa shape index (κ2) is 6.53. The van der Waals surface area contributed by atoms with Gasteiger partial charge < -0.3 is 14.8 Å². The molecule has 0 spiro atoms. The quantitative estimate of drug-likeness (QED) is 0.860. The van der Waals surface area contributed by atoms with E-state index in [0.717, 1.165) is 24.0 Å². The number of benzene rings is 2. The highest BCUT2D eigenvalue weighted by Crippen LogP contribution is 2.62. The molecule has 1 heterocycles. The van der Waals surface area contributed by atoms with Gasteiger partial charge in [-0.15, -0.1) is 0 Å². The van der Waals surface area contributed by atoms with Crippen molar-refractivity contribution < 1.29 is 14.3 Å². The minimum absolute atomic E-state index is 0.0505. The number of carbonyl (C=O) groups is 1. The molecule has 1 N–H and O–H groups in total. The van der Waals surface area contributed by atoms with Gasteiger partial charge in [0.1, 0.15) is 11.0 Å². The molecule has 1 aliphatic heterocycles. The number of aryl methyl sites for hydroxylation is 1. The smallest absolute Gasteiger partial charge is 0.315 e. The zero-order valence-electron chi connectivity index (χ0n) is 15.3. The first kappa shape index (κ1) is 17.3. The van der Waals surface area contributed by atoms with E-state index >= 15 is 0 Å². The van der Waals surface area contributed by atoms with Gasteiger partial charge in [0.05, 0.1) is 13.2 Å². The highest BCUT2D eigenvalue weighted by atomic mass is 16.5. The van der Waals surface area contributed by atoms with Crippen LogP contribution in [0.3, 0.4) is 0 Å². The zero-order chi connectivity index (χ0) is 18.2. The molecule has 0 bridgehead atoms. The average molecular weight is 351 g/mol. The molecular weight excluding hydrogens is 326 g/mol. The number of hydrogen-bond acceptors (Lipinski definition) is 4. The Labute approximate surface area is 154 Å². The summed E-state index contributed by atoms with van der Waals surface area (Å²) in [5.41, 5.74) is 1.86. The van der Waals surface area contributed by atoms with Crippen molar-refractivity contribution in [2.75, 3.05) is 20.7 Å². The van der Waals surface area contributed by atoms with Crippen molar-refractivity contribution in [2.45, 2.75) is 31.0 Å². The molecule has 26 heavy (non-hydrogen) atoms. The molecule has 0 unspecified atom stereocenters. The second-order valence-electron chi connectivity index (χ2n) is 7.28. The van der Waals surface area contributed by atoms with Gasteiger partial charge >= 0.3 is 5.97 Å². The Morgan fingerprint density at radius 3 is 2.65 bits per heavy atom. The summed E-state index contributed by atoms with van der Waals surface area (Å²) in [6.07, 6.45) is 2.19. The molecule has 4 nitrogen and oxygen atoms in total. The molecule has 2 aliphatic rings. The summed E-state index contributed by atoms with van der Waals surface area (Å²) in [6, 6.07) is 18.5. The predicted octanol–water partition coefficient (Wildman–Crippen LogP) is 3.04. The van der Waals surface area contributed by atoms with E-state index in [1.54, 1.807) is 0 Å². The van der Waals surface area contributed by atoms with Crippen LogP contribution in [0.4, 0.5) is 0 Å². The Morgan fingerprint density at radius 1 is 1.19 bits per heavy atom. The van der Waals surface area contributed by atoms with Gasteiger partial charge in [-0.25, -0.2) is 0 Å². The number of ether oxygens (including phenoxy) is 2. The van der Waals surface area contributed by atoms with Crippen LogP contribution >= 0.6 is 0 Å². The topological polar surface area (TPSA) is 47.6 Å². The van der Waals surface area contributed by atoms with E-state index in [-0.39, 0.29) is 12.1 Å². The molecule has 2 aromatic rings. The monoisotopic (exact) mass is 351 g/mol. The van der Waals surface area contributed by atoms with Crippen LogP contribution in [0.5, 0.6) is 0 Å². The molecule has 4 rings (SSSR count). The van der Waals surface area contributed by atoms with Gasteiger partial charge in [0, 0.05) is 6.54 Å². The Kier molecular flexibility index (Phi) is 4.33. The van der Waals surface area contributed by atoms with Crippen molar-refractivity contribution in [3.63, 3.8) is 0 Å². The molecule has 0 radical (unpaired) electrons. The summed E-state index contributed by atoms with van der Waals surface area (Å²) in [7, 11) is 3.40. The first-order valence-electron chi connectivity index (χ1n) is 9.23. The molecule has 1 fully saturated rings. The maximum atomic E-state index is 13.2. The molecule has 0 aromatic heterocycles. The van der Waals surface area contributed by atoms with Gasteiger partial charge in [0.2, 0.25) is 0 Å². The molecule has 4 heteroatoms. The number of carbonyl (C=O) groups excluding carboxylic acids is 1. The SMILES string of the molecule is CNC[C@H]1C[C@@]2(C(=O)OC)CCc3ccccc3[C@@]2(c2ccccc2)O1. The van der Waals surface area contributed by atoms with E-state index in [4.69, 9.17) is 9.47 Å². The molecular formula is C22H25NO3. The van der Waals surface area contributed by atoms with Crippen LogP contribution in [-0.4, -0.2) is 32.8 Å². The molecule has 0 saturated carbocycles. The van der Waals surface area contributed by atoms with Crippen LogP contribution in [0.1, 0.15) is 29.5 Å². The fourth-order valence-corrected chi connectivity index (χ4v) is 5.00. The second-order valence-corrected chi connectivity index (χ2v) is 7.28. The summed E-state index contributed by atoms with van der Waals surface area (Å²) < 4.78 is 12.1. The third kappa shape index (κ3) is 2.25. The molecule has 2 aromatic carbocycles. The van der Waals surface area contributed by atoms with Crippen molar-refractivity contribution in [3.05, 3.63) is 71.3 Å². The minimum Gasteiger partial charge on any atom is -0.468 e. The average Bonchev–Trinajstić information content (AvgIpc) is 3.05. The molecule has 1 aliphatic carbocycles. The molecule has 0 amide bonds. The number of likely N-dealkylation sites (N-methyl/N-ethyl adjacent to an activating group) is 1. The van der Waals surface area contributed by atoms with E-state index in [9.17, 15) is 4.79 Å². The fraction of sp³-hybridized carbons (Fsp3) is 0.409. The van der Waals surface area contributed by atoms with Crippen molar-refractivity contribution >= 4 is 5.97 Å². The minimum atomic E-state index is -0.808. The third-order valence-corrected chi connectivity index (χ3v) is 6.00. The highest BCUT2D eigenvalue weighted by Gasteiger charge is 2.67. The van der Waals surface area contributed by atoms with Crippen molar-refractivity contribution in [1.29, 1.82) is 0 Å². The maximum absolute atomic E-state index is 13.2. The van der Waals surface area contributed by atoms with Gasteiger partial charge in [-0.2, -0.15) is 0 Å². The summed E-state index contributed by atoms with van der Waals surface area (Å²) in [5, 5.41) is 3.21. The number of hydrogen-bond donors (Lipinski definition) is 1. The van der Waals surface area contributed by atoms with Crippen molar-refractivity contribution in [1.82, 2.24) is 5.32 Å². The summed E-state index contributed by atoms with van der Waals surface area (Å²) in [5.74, 6) is -0.172. The summed E-state index contributed by atoms with van der Waals surface area (Å²) in [6.45, 7) is 0.704. The lowest BCUT2D eigenvalue weighted by atomic mass is 9.58. The van der Waals surface area contributed by atoms with E-state index in [0.29, 0.717) is 13.0 Å². The van der Waals surface area contributed by atoms with Crippen LogP contribution in [0.15, 0.2) is 54.6 Å². The van der Waals surface area contributed by atoms with Gasteiger partial charge in [-0.3, -0.25) is 4.79 Å². The van der Waals surface area contributed by atoms with Crippen LogP contribution < -0.4 is 5.32 Å². The van der Waals surface area contributed by atoms with Crippen LogP contribution in [-0.2, 0) is 26.3 Å².